The van der Waals surface area contributed by atoms with Crippen molar-refractivity contribution >= 4 is 17.5 Å². The van der Waals surface area contributed by atoms with E-state index in [1.165, 1.54) is 19.3 Å². The molecule has 0 aromatic rings. The van der Waals surface area contributed by atoms with Gasteiger partial charge in [-0.1, -0.05) is 12.5 Å². The minimum absolute atomic E-state index is 0.385. The number of carbonyl (C=O) groups excluding carboxylic acids is 1. The Labute approximate surface area is 85.0 Å². The van der Waals surface area contributed by atoms with Crippen LogP contribution in [-0.4, -0.2) is 17.8 Å². The molecule has 1 aliphatic rings. The Hall–Kier alpha value is -0.240. The summed E-state index contributed by atoms with van der Waals surface area (Å²) >= 11 is 1.75. The van der Waals surface area contributed by atoms with Gasteiger partial charge in [0, 0.05) is 12.2 Å². The molecule has 0 heterocycles. The smallest absolute Gasteiger partial charge is 0.159 e. The van der Waals surface area contributed by atoms with Gasteiger partial charge in [-0.25, -0.2) is 0 Å². The molecule has 0 spiro atoms. The second-order valence-corrected chi connectivity index (χ2v) is 4.48. The van der Waals surface area contributed by atoms with E-state index in [1.807, 2.05) is 0 Å². The third-order valence-electron chi connectivity index (χ3n) is 2.43. The third kappa shape index (κ3) is 3.99. The highest BCUT2D eigenvalue weighted by Crippen LogP contribution is 2.19. The Balaban J connectivity index is 2.39. The molecule has 1 rings (SSSR count). The number of hydrogen-bond donors (Lipinski definition) is 0. The summed E-state index contributed by atoms with van der Waals surface area (Å²) in [5.74, 6) is 1.35. The van der Waals surface area contributed by atoms with Crippen molar-refractivity contribution in [2.45, 2.75) is 38.5 Å². The zero-order chi connectivity index (χ0) is 9.52. The molecule has 0 amide bonds. The average Bonchev–Trinajstić information content (AvgIpc) is 2.42. The van der Waals surface area contributed by atoms with Crippen LogP contribution in [0.5, 0.6) is 0 Å². The van der Waals surface area contributed by atoms with Gasteiger partial charge in [-0.05, 0) is 37.5 Å². The van der Waals surface area contributed by atoms with Crippen LogP contribution in [0, 0.1) is 0 Å². The maximum atomic E-state index is 11.6. The highest BCUT2D eigenvalue weighted by molar-refractivity contribution is 7.98. The van der Waals surface area contributed by atoms with E-state index in [1.54, 1.807) is 11.8 Å². The number of carbonyl (C=O) groups is 1. The zero-order valence-electron chi connectivity index (χ0n) is 8.34. The maximum absolute atomic E-state index is 11.6. The largest absolute Gasteiger partial charge is 0.295 e. The predicted molar refractivity (Wildman–Crippen MR) is 59.2 cm³/mol. The van der Waals surface area contributed by atoms with Crippen LogP contribution in [0.15, 0.2) is 11.6 Å². The molecule has 1 nitrogen and oxygen atoms in total. The van der Waals surface area contributed by atoms with Crippen molar-refractivity contribution in [1.82, 2.24) is 0 Å². The standard InChI is InChI=1S/C11H18OS/c1-13-9-8-11(12)10-6-4-2-3-5-7-10/h6H,2-5,7-9H2,1H3. The lowest BCUT2D eigenvalue weighted by molar-refractivity contribution is -0.115. The summed E-state index contributed by atoms with van der Waals surface area (Å²) in [4.78, 5) is 11.6. The van der Waals surface area contributed by atoms with E-state index in [-0.39, 0.29) is 0 Å². The van der Waals surface area contributed by atoms with Gasteiger partial charge in [0.1, 0.15) is 0 Å². The first-order valence-corrected chi connectivity index (χ1v) is 6.45. The molecule has 0 radical (unpaired) electrons. The number of allylic oxidation sites excluding steroid dienone is 2. The fraction of sp³-hybridized carbons (Fsp3) is 0.727. The SMILES string of the molecule is CSCCC(=O)C1=CCCCCC1. The average molecular weight is 198 g/mol. The first kappa shape index (κ1) is 10.8. The first-order valence-electron chi connectivity index (χ1n) is 5.06. The molecule has 0 saturated carbocycles. The Morgan fingerprint density at radius 1 is 1.46 bits per heavy atom. The lowest BCUT2D eigenvalue weighted by Crippen LogP contribution is -2.03. The molecule has 0 fully saturated rings. The molecule has 0 aromatic heterocycles. The van der Waals surface area contributed by atoms with Gasteiger partial charge in [0.25, 0.3) is 0 Å². The van der Waals surface area contributed by atoms with Crippen molar-refractivity contribution in [3.63, 3.8) is 0 Å². The summed E-state index contributed by atoms with van der Waals surface area (Å²) in [6.07, 6.45) is 10.8. The quantitative estimate of drug-likeness (QED) is 0.690. The molecule has 0 N–H and O–H groups in total. The topological polar surface area (TPSA) is 17.1 Å². The van der Waals surface area contributed by atoms with Crippen molar-refractivity contribution in [2.75, 3.05) is 12.0 Å². The van der Waals surface area contributed by atoms with Crippen molar-refractivity contribution in [2.24, 2.45) is 0 Å². The van der Waals surface area contributed by atoms with Gasteiger partial charge in [-0.3, -0.25) is 4.79 Å². The Morgan fingerprint density at radius 2 is 2.31 bits per heavy atom. The van der Waals surface area contributed by atoms with Crippen molar-refractivity contribution < 1.29 is 4.79 Å². The van der Waals surface area contributed by atoms with Crippen LogP contribution in [0.4, 0.5) is 0 Å². The minimum atomic E-state index is 0.385. The summed E-state index contributed by atoms with van der Waals surface area (Å²) in [6, 6.07) is 0. The Bertz CT molecular complexity index is 196. The molecule has 0 saturated heterocycles. The third-order valence-corrected chi connectivity index (χ3v) is 3.04. The summed E-state index contributed by atoms with van der Waals surface area (Å²) < 4.78 is 0. The monoisotopic (exact) mass is 198 g/mol. The van der Waals surface area contributed by atoms with Gasteiger partial charge in [0.15, 0.2) is 5.78 Å². The van der Waals surface area contributed by atoms with Crippen LogP contribution in [-0.2, 0) is 4.79 Å². The fourth-order valence-corrected chi connectivity index (χ4v) is 2.01. The molecule has 74 valence electrons. The summed E-state index contributed by atoms with van der Waals surface area (Å²) in [5.41, 5.74) is 1.10. The van der Waals surface area contributed by atoms with Crippen LogP contribution < -0.4 is 0 Å². The van der Waals surface area contributed by atoms with Gasteiger partial charge < -0.3 is 0 Å². The molecule has 0 bridgehead atoms. The van der Waals surface area contributed by atoms with Gasteiger partial charge in [-0.15, -0.1) is 0 Å². The van der Waals surface area contributed by atoms with Crippen LogP contribution in [0.2, 0.25) is 0 Å². The molecule has 2 heteroatoms. The second kappa shape index (κ2) is 6.25. The van der Waals surface area contributed by atoms with Gasteiger partial charge >= 0.3 is 0 Å². The molecule has 0 aromatic carbocycles. The highest BCUT2D eigenvalue weighted by Gasteiger charge is 2.10. The molecular weight excluding hydrogens is 180 g/mol. The van der Waals surface area contributed by atoms with Gasteiger partial charge in [0.05, 0.1) is 0 Å². The fourth-order valence-electron chi connectivity index (χ4n) is 1.62. The second-order valence-electron chi connectivity index (χ2n) is 3.49. The lowest BCUT2D eigenvalue weighted by atomic mass is 10.0. The van der Waals surface area contributed by atoms with E-state index in [0.29, 0.717) is 5.78 Å². The number of rotatable bonds is 4. The van der Waals surface area contributed by atoms with E-state index in [4.69, 9.17) is 0 Å². The van der Waals surface area contributed by atoms with Crippen molar-refractivity contribution in [1.29, 1.82) is 0 Å². The molecule has 1 aliphatic carbocycles. The zero-order valence-corrected chi connectivity index (χ0v) is 9.16. The van der Waals surface area contributed by atoms with Crippen LogP contribution >= 0.6 is 11.8 Å². The molecular formula is C11H18OS. The number of ketones is 1. The van der Waals surface area contributed by atoms with Crippen LogP contribution in [0.25, 0.3) is 0 Å². The van der Waals surface area contributed by atoms with Crippen molar-refractivity contribution in [3.05, 3.63) is 11.6 Å². The van der Waals surface area contributed by atoms with E-state index in [0.717, 1.165) is 30.6 Å². The van der Waals surface area contributed by atoms with E-state index in [2.05, 4.69) is 12.3 Å². The summed E-state index contributed by atoms with van der Waals surface area (Å²) in [6.45, 7) is 0. The van der Waals surface area contributed by atoms with Gasteiger partial charge in [0.2, 0.25) is 0 Å². The molecule has 0 atom stereocenters. The Morgan fingerprint density at radius 3 is 3.08 bits per heavy atom. The highest BCUT2D eigenvalue weighted by atomic mass is 32.2. The number of thioether (sulfide) groups is 1. The summed E-state index contributed by atoms with van der Waals surface area (Å²) in [5, 5.41) is 0. The maximum Gasteiger partial charge on any atom is 0.159 e. The predicted octanol–water partition coefficient (Wildman–Crippen LogP) is 3.20. The van der Waals surface area contributed by atoms with E-state index in [9.17, 15) is 4.79 Å². The summed E-state index contributed by atoms with van der Waals surface area (Å²) in [7, 11) is 0. The minimum Gasteiger partial charge on any atom is -0.295 e. The number of hydrogen-bond acceptors (Lipinski definition) is 2. The molecule has 0 unspecified atom stereocenters. The first-order chi connectivity index (χ1) is 6.34. The van der Waals surface area contributed by atoms with E-state index >= 15 is 0 Å². The van der Waals surface area contributed by atoms with Gasteiger partial charge in [-0.2, -0.15) is 11.8 Å². The van der Waals surface area contributed by atoms with Crippen LogP contribution in [0.1, 0.15) is 38.5 Å². The van der Waals surface area contributed by atoms with Crippen LogP contribution in [0.3, 0.4) is 0 Å². The molecule has 13 heavy (non-hydrogen) atoms. The molecule has 0 aliphatic heterocycles. The normalized spacial score (nSPS) is 17.8. The number of Topliss-reactive ketones (excluding diaryl/α,β-unsaturated/α-hetero) is 1. The Kier molecular flexibility index (Phi) is 5.21. The van der Waals surface area contributed by atoms with E-state index < -0.39 is 0 Å². The lowest BCUT2D eigenvalue weighted by Gasteiger charge is -2.02. The van der Waals surface area contributed by atoms with Crippen molar-refractivity contribution in [3.8, 4) is 0 Å².